The topological polar surface area (TPSA) is 84.9 Å². The molecule has 1 aromatic rings. The van der Waals surface area contributed by atoms with Gasteiger partial charge in [-0.15, -0.1) is 0 Å². The summed E-state index contributed by atoms with van der Waals surface area (Å²) in [6.07, 6.45) is -0.571. The van der Waals surface area contributed by atoms with Crippen LogP contribution in [0.15, 0.2) is 30.3 Å². The van der Waals surface area contributed by atoms with Crippen LogP contribution in [0.2, 0.25) is 0 Å². The van der Waals surface area contributed by atoms with Crippen molar-refractivity contribution < 1.29 is 23.6 Å². The van der Waals surface area contributed by atoms with Crippen molar-refractivity contribution in [2.24, 2.45) is 0 Å². The van der Waals surface area contributed by atoms with E-state index in [1.165, 1.54) is 7.11 Å². The van der Waals surface area contributed by atoms with E-state index >= 15 is 0 Å². The lowest BCUT2D eigenvalue weighted by molar-refractivity contribution is -0.141. The quantitative estimate of drug-likeness (QED) is 0.614. The van der Waals surface area contributed by atoms with E-state index in [-0.39, 0.29) is 25.4 Å². The smallest absolute Gasteiger partial charge is 0.305 e. The van der Waals surface area contributed by atoms with Gasteiger partial charge in [-0.2, -0.15) is 0 Å². The molecule has 3 atom stereocenters. The Kier molecular flexibility index (Phi) is 9.27. The third-order valence-corrected chi connectivity index (χ3v) is 5.19. The Morgan fingerprint density at radius 1 is 1.28 bits per heavy atom. The van der Waals surface area contributed by atoms with Gasteiger partial charge in [0.2, 0.25) is 0 Å². The summed E-state index contributed by atoms with van der Waals surface area (Å²) < 4.78 is 25.1. The molecule has 0 spiro atoms. The minimum atomic E-state index is -1.36. The molecule has 1 aromatic carbocycles. The molecule has 0 fully saturated rings. The SMILES string of the molecule is COC(=O)CC[C@@H](O)[C@H](COCc1ccccc1)NS(=O)C(C)(C)C. The summed E-state index contributed by atoms with van der Waals surface area (Å²) in [5.74, 6) is -0.389. The van der Waals surface area contributed by atoms with Gasteiger partial charge in [0.1, 0.15) is 0 Å². The summed E-state index contributed by atoms with van der Waals surface area (Å²) in [4.78, 5) is 11.3. The molecule has 0 aliphatic heterocycles. The van der Waals surface area contributed by atoms with Crippen LogP contribution in [0, 0.1) is 0 Å². The molecule has 0 heterocycles. The maximum atomic E-state index is 12.3. The number of benzene rings is 1. The van der Waals surface area contributed by atoms with Crippen LogP contribution in [-0.2, 0) is 31.9 Å². The summed E-state index contributed by atoms with van der Waals surface area (Å²) in [6, 6.07) is 9.13. The molecule has 25 heavy (non-hydrogen) atoms. The minimum Gasteiger partial charge on any atom is -0.469 e. The molecular weight excluding hydrogens is 342 g/mol. The zero-order valence-electron chi connectivity index (χ0n) is 15.4. The average molecular weight is 371 g/mol. The first-order chi connectivity index (χ1) is 11.7. The molecule has 0 aliphatic carbocycles. The molecule has 142 valence electrons. The van der Waals surface area contributed by atoms with Crippen LogP contribution < -0.4 is 4.72 Å². The van der Waals surface area contributed by atoms with Crippen molar-refractivity contribution in [3.63, 3.8) is 0 Å². The van der Waals surface area contributed by atoms with Gasteiger partial charge in [-0.3, -0.25) is 4.79 Å². The van der Waals surface area contributed by atoms with E-state index in [4.69, 9.17) is 4.74 Å². The lowest BCUT2D eigenvalue weighted by Crippen LogP contribution is -2.48. The number of carbonyl (C=O) groups is 1. The highest BCUT2D eigenvalue weighted by molar-refractivity contribution is 7.84. The Morgan fingerprint density at radius 3 is 2.48 bits per heavy atom. The number of carbonyl (C=O) groups excluding carboxylic acids is 1. The van der Waals surface area contributed by atoms with Crippen LogP contribution in [0.1, 0.15) is 39.2 Å². The highest BCUT2D eigenvalue weighted by atomic mass is 32.2. The molecule has 0 saturated carbocycles. The third-order valence-electron chi connectivity index (χ3n) is 3.56. The second-order valence-electron chi connectivity index (χ2n) is 6.79. The molecule has 0 aromatic heterocycles. The predicted octanol–water partition coefficient (Wildman–Crippen LogP) is 1.94. The lowest BCUT2D eigenvalue weighted by Gasteiger charge is -2.27. The van der Waals surface area contributed by atoms with Crippen LogP contribution in [0.5, 0.6) is 0 Å². The van der Waals surface area contributed by atoms with Crippen LogP contribution in [0.25, 0.3) is 0 Å². The second kappa shape index (κ2) is 10.7. The summed E-state index contributed by atoms with van der Waals surface area (Å²) in [6.45, 7) is 6.11. The van der Waals surface area contributed by atoms with Gasteiger partial charge in [0.05, 0.1) is 48.2 Å². The summed E-state index contributed by atoms with van der Waals surface area (Å²) in [7, 11) is -0.0506. The standard InChI is InChI=1S/C18H29NO5S/c1-18(2,3)25(22)19-15(16(20)10-11-17(21)23-4)13-24-12-14-8-6-5-7-9-14/h5-9,15-16,19-20H,10-13H2,1-4H3/t15-,16+,25?/m0/s1. The van der Waals surface area contributed by atoms with Crippen molar-refractivity contribution in [3.05, 3.63) is 35.9 Å². The molecular formula is C18H29NO5S. The molecule has 0 aliphatic rings. The van der Waals surface area contributed by atoms with Crippen LogP contribution in [-0.4, -0.2) is 45.9 Å². The van der Waals surface area contributed by atoms with Crippen molar-refractivity contribution in [2.45, 2.75) is 57.1 Å². The molecule has 1 unspecified atom stereocenters. The fraction of sp³-hybridized carbons (Fsp3) is 0.611. The van der Waals surface area contributed by atoms with Gasteiger partial charge in [0.15, 0.2) is 0 Å². The van der Waals surface area contributed by atoms with E-state index in [9.17, 15) is 14.1 Å². The number of aliphatic hydroxyl groups is 1. The van der Waals surface area contributed by atoms with Crippen LogP contribution >= 0.6 is 0 Å². The Morgan fingerprint density at radius 2 is 1.92 bits per heavy atom. The molecule has 0 bridgehead atoms. The van der Waals surface area contributed by atoms with Gasteiger partial charge in [-0.1, -0.05) is 30.3 Å². The molecule has 6 nitrogen and oxygen atoms in total. The van der Waals surface area contributed by atoms with Crippen molar-refractivity contribution in [3.8, 4) is 0 Å². The average Bonchev–Trinajstić information content (AvgIpc) is 2.58. The summed E-state index contributed by atoms with van der Waals surface area (Å²) >= 11 is 0. The van der Waals surface area contributed by atoms with E-state index in [1.54, 1.807) is 0 Å². The predicted molar refractivity (Wildman–Crippen MR) is 98.2 cm³/mol. The Labute approximate surface area is 152 Å². The summed E-state index contributed by atoms with van der Waals surface area (Å²) in [5, 5.41) is 10.4. The van der Waals surface area contributed by atoms with Gasteiger partial charge in [0.25, 0.3) is 0 Å². The number of hydrogen-bond donors (Lipinski definition) is 2. The van der Waals surface area contributed by atoms with Gasteiger partial charge < -0.3 is 14.6 Å². The first-order valence-electron chi connectivity index (χ1n) is 8.28. The van der Waals surface area contributed by atoms with Gasteiger partial charge >= 0.3 is 5.97 Å². The molecule has 2 N–H and O–H groups in total. The molecule has 0 radical (unpaired) electrons. The number of ether oxygens (including phenoxy) is 2. The first-order valence-corrected chi connectivity index (χ1v) is 9.43. The van der Waals surface area contributed by atoms with E-state index in [0.717, 1.165) is 5.56 Å². The lowest BCUT2D eigenvalue weighted by atomic mass is 10.1. The van der Waals surface area contributed by atoms with E-state index in [0.29, 0.717) is 6.61 Å². The van der Waals surface area contributed by atoms with Crippen molar-refractivity contribution in [1.29, 1.82) is 0 Å². The zero-order chi connectivity index (χ0) is 18.9. The maximum absolute atomic E-state index is 12.3. The highest BCUT2D eigenvalue weighted by Crippen LogP contribution is 2.13. The second-order valence-corrected chi connectivity index (χ2v) is 8.79. The van der Waals surface area contributed by atoms with Crippen molar-refractivity contribution in [1.82, 2.24) is 4.72 Å². The zero-order valence-corrected chi connectivity index (χ0v) is 16.2. The largest absolute Gasteiger partial charge is 0.469 e. The normalized spacial score (nSPS) is 15.4. The number of hydrogen-bond acceptors (Lipinski definition) is 5. The fourth-order valence-electron chi connectivity index (χ4n) is 1.98. The molecule has 0 saturated heterocycles. The van der Waals surface area contributed by atoms with Crippen molar-refractivity contribution in [2.75, 3.05) is 13.7 Å². The third kappa shape index (κ3) is 8.58. The maximum Gasteiger partial charge on any atom is 0.305 e. The molecule has 0 amide bonds. The number of esters is 1. The Bertz CT molecular complexity index is 544. The van der Waals surface area contributed by atoms with Gasteiger partial charge in [-0.05, 0) is 32.8 Å². The minimum absolute atomic E-state index is 0.0939. The number of methoxy groups -OCH3 is 1. The van der Waals surface area contributed by atoms with Crippen LogP contribution in [0.3, 0.4) is 0 Å². The van der Waals surface area contributed by atoms with Gasteiger partial charge in [0, 0.05) is 6.42 Å². The Hall–Kier alpha value is -1.28. The fourth-order valence-corrected chi connectivity index (χ4v) is 2.84. The van der Waals surface area contributed by atoms with E-state index < -0.39 is 27.9 Å². The van der Waals surface area contributed by atoms with Crippen molar-refractivity contribution >= 4 is 17.0 Å². The molecule has 1 rings (SSSR count). The molecule has 7 heteroatoms. The monoisotopic (exact) mass is 371 g/mol. The Balaban J connectivity index is 2.62. The first kappa shape index (κ1) is 21.8. The number of nitrogens with one attached hydrogen (secondary N) is 1. The van der Waals surface area contributed by atoms with E-state index in [2.05, 4.69) is 9.46 Å². The summed E-state index contributed by atoms with van der Waals surface area (Å²) in [5.41, 5.74) is 1.02. The number of rotatable bonds is 10. The highest BCUT2D eigenvalue weighted by Gasteiger charge is 2.27. The van der Waals surface area contributed by atoms with Gasteiger partial charge in [-0.25, -0.2) is 8.93 Å². The van der Waals surface area contributed by atoms with E-state index in [1.807, 2.05) is 51.1 Å². The number of aliphatic hydroxyl groups excluding tert-OH is 1. The van der Waals surface area contributed by atoms with Crippen LogP contribution in [0.4, 0.5) is 0 Å².